The van der Waals surface area contributed by atoms with E-state index in [0.717, 1.165) is 6.42 Å². The van der Waals surface area contributed by atoms with Gasteiger partial charge in [0.25, 0.3) is 0 Å². The minimum atomic E-state index is -2.12. The fourth-order valence-corrected chi connectivity index (χ4v) is 10.4. The van der Waals surface area contributed by atoms with Crippen molar-refractivity contribution < 1.29 is 9.53 Å². The summed E-state index contributed by atoms with van der Waals surface area (Å²) in [5.74, 6) is 0.751. The quantitative estimate of drug-likeness (QED) is 0.702. The average molecular weight is 374 g/mol. The van der Waals surface area contributed by atoms with E-state index in [0.29, 0.717) is 21.9 Å². The summed E-state index contributed by atoms with van der Waals surface area (Å²) in [7, 11) is 0. The van der Waals surface area contributed by atoms with E-state index in [2.05, 4.69) is 47.4 Å². The molecule has 0 aliphatic carbocycles. The van der Waals surface area contributed by atoms with Crippen LogP contribution >= 0.6 is 0 Å². The Labute approximate surface area is 121 Å². The molecule has 2 saturated heterocycles. The fraction of sp³-hybridized carbons (Fsp3) is 0.933. The number of fused-ring (bicyclic) bond motifs is 1. The van der Waals surface area contributed by atoms with Crippen LogP contribution in [0.1, 0.15) is 40.5 Å². The van der Waals surface area contributed by atoms with Crippen molar-refractivity contribution in [3.8, 4) is 0 Å². The molecule has 2 aliphatic heterocycles. The molecule has 0 N–H and O–H groups in total. The Bertz CT molecular complexity index is 365. The zero-order valence-corrected chi connectivity index (χ0v) is 16.3. The molecule has 0 spiro atoms. The van der Waals surface area contributed by atoms with Crippen LogP contribution in [-0.4, -0.2) is 45.1 Å². The topological polar surface area (TPSA) is 29.5 Å². The molecule has 1 amide bonds. The van der Waals surface area contributed by atoms with E-state index >= 15 is 0 Å². The van der Waals surface area contributed by atoms with Crippen LogP contribution in [0, 0.1) is 11.8 Å². The molecular formula is C15H29NO2Sn. The number of hydrogen-bond acceptors (Lipinski definition) is 2. The molecule has 2 aliphatic rings. The molecule has 3 nitrogen and oxygen atoms in total. The van der Waals surface area contributed by atoms with Gasteiger partial charge in [-0.15, -0.1) is 0 Å². The zero-order chi connectivity index (χ0) is 14.6. The Kier molecular flexibility index (Phi) is 3.92. The molecule has 0 radical (unpaired) electrons. The number of nitrogens with zero attached hydrogens (tertiary/aromatic N) is 1. The predicted octanol–water partition coefficient (Wildman–Crippen LogP) is 3.90. The van der Waals surface area contributed by atoms with Crippen molar-refractivity contribution in [1.29, 1.82) is 0 Å². The van der Waals surface area contributed by atoms with Gasteiger partial charge < -0.3 is 0 Å². The van der Waals surface area contributed by atoms with Crippen LogP contribution in [0.2, 0.25) is 14.8 Å². The summed E-state index contributed by atoms with van der Waals surface area (Å²) < 4.78 is 6.50. The number of hydrogen-bond donors (Lipinski definition) is 0. The van der Waals surface area contributed by atoms with E-state index in [1.165, 1.54) is 6.42 Å². The number of rotatable bonds is 3. The van der Waals surface area contributed by atoms with Crippen molar-refractivity contribution in [1.82, 2.24) is 4.90 Å². The number of ether oxygens (including phenoxy) is 1. The molecule has 0 bridgehead atoms. The summed E-state index contributed by atoms with van der Waals surface area (Å²) in [6, 6.07) is 0.306. The number of amides is 1. The normalized spacial score (nSPS) is 30.2. The van der Waals surface area contributed by atoms with Crippen molar-refractivity contribution in [2.45, 2.75) is 71.1 Å². The molecule has 2 atom stereocenters. The Balaban J connectivity index is 2.39. The Morgan fingerprint density at radius 3 is 2.11 bits per heavy atom. The van der Waals surface area contributed by atoms with E-state index in [1.54, 1.807) is 0 Å². The van der Waals surface area contributed by atoms with E-state index in [1.807, 2.05) is 0 Å². The fourth-order valence-electron chi connectivity index (χ4n) is 4.30. The van der Waals surface area contributed by atoms with Crippen LogP contribution in [0.25, 0.3) is 0 Å². The van der Waals surface area contributed by atoms with Crippen molar-refractivity contribution in [3.63, 3.8) is 0 Å². The monoisotopic (exact) mass is 375 g/mol. The second kappa shape index (κ2) is 4.81. The van der Waals surface area contributed by atoms with Crippen LogP contribution < -0.4 is 0 Å². The summed E-state index contributed by atoms with van der Waals surface area (Å²) >= 11 is -2.12. The van der Waals surface area contributed by atoms with Gasteiger partial charge in [0.15, 0.2) is 0 Å². The summed E-state index contributed by atoms with van der Waals surface area (Å²) in [5.41, 5.74) is -0.275. The van der Waals surface area contributed by atoms with Crippen molar-refractivity contribution in [2.75, 3.05) is 0 Å². The second-order valence-electron chi connectivity index (χ2n) is 7.91. The summed E-state index contributed by atoms with van der Waals surface area (Å²) in [4.78, 5) is 21.9. The van der Waals surface area contributed by atoms with E-state index in [9.17, 15) is 4.79 Å². The predicted molar refractivity (Wildman–Crippen MR) is 80.9 cm³/mol. The molecule has 0 aromatic carbocycles. The molecule has 19 heavy (non-hydrogen) atoms. The van der Waals surface area contributed by atoms with Crippen LogP contribution in [0.5, 0.6) is 0 Å². The molecular weight excluding hydrogens is 345 g/mol. The SMILES string of the molecule is CC(C)C1(C(C)C)OC(=O)N2C1CC[CH]2[Sn]([CH3])([CH3])[CH3]. The Hall–Kier alpha value is 0.0687. The van der Waals surface area contributed by atoms with Gasteiger partial charge >= 0.3 is 122 Å². The molecule has 0 saturated carbocycles. The van der Waals surface area contributed by atoms with Gasteiger partial charge in [-0.2, -0.15) is 0 Å². The first-order valence-electron chi connectivity index (χ1n) is 7.63. The summed E-state index contributed by atoms with van der Waals surface area (Å²) in [6.45, 7) is 8.80. The molecule has 2 rings (SSSR count). The van der Waals surface area contributed by atoms with Crippen molar-refractivity contribution >= 4 is 24.5 Å². The van der Waals surface area contributed by atoms with Crippen LogP contribution in [0.15, 0.2) is 0 Å². The summed E-state index contributed by atoms with van der Waals surface area (Å²) in [5, 5.41) is 0. The van der Waals surface area contributed by atoms with Crippen molar-refractivity contribution in [2.24, 2.45) is 11.8 Å². The average Bonchev–Trinajstić information content (AvgIpc) is 2.77. The maximum absolute atomic E-state index is 12.5. The Morgan fingerprint density at radius 2 is 1.68 bits per heavy atom. The van der Waals surface area contributed by atoms with E-state index in [-0.39, 0.29) is 11.7 Å². The minimum absolute atomic E-state index is 0.0403. The van der Waals surface area contributed by atoms with Crippen molar-refractivity contribution in [3.05, 3.63) is 0 Å². The zero-order valence-electron chi connectivity index (χ0n) is 13.5. The maximum atomic E-state index is 12.5. The molecule has 2 heterocycles. The third kappa shape index (κ3) is 2.20. The van der Waals surface area contributed by atoms with E-state index < -0.39 is 18.4 Å². The first kappa shape index (κ1) is 15.5. The van der Waals surface area contributed by atoms with Gasteiger partial charge in [0.2, 0.25) is 0 Å². The van der Waals surface area contributed by atoms with Crippen LogP contribution in [-0.2, 0) is 4.74 Å². The first-order valence-corrected chi connectivity index (χ1v) is 17.8. The van der Waals surface area contributed by atoms with Gasteiger partial charge in [-0.1, -0.05) is 0 Å². The van der Waals surface area contributed by atoms with Gasteiger partial charge in [-0.3, -0.25) is 0 Å². The second-order valence-corrected chi connectivity index (χ2v) is 23.3. The van der Waals surface area contributed by atoms with Crippen LogP contribution in [0.4, 0.5) is 4.79 Å². The molecule has 4 heteroatoms. The first-order chi connectivity index (χ1) is 8.62. The van der Waals surface area contributed by atoms with Gasteiger partial charge in [0.05, 0.1) is 0 Å². The van der Waals surface area contributed by atoms with Crippen LogP contribution in [0.3, 0.4) is 0 Å². The van der Waals surface area contributed by atoms with Gasteiger partial charge in [-0.25, -0.2) is 0 Å². The van der Waals surface area contributed by atoms with E-state index in [4.69, 9.17) is 4.74 Å². The standard InChI is InChI=1S/C12H20NO2.3CH3.Sn/c1-8(2)12(9(3)4)10-6-5-7-13(10)11(14)15-12;;;;/h7-10H,5-6H2,1-4H3;3*1H3;. The molecule has 2 unspecified atom stereocenters. The third-order valence-electron chi connectivity index (χ3n) is 5.19. The molecule has 0 aromatic heterocycles. The number of cyclic esters (lactones) is 1. The van der Waals surface area contributed by atoms with Gasteiger partial charge in [0, 0.05) is 0 Å². The van der Waals surface area contributed by atoms with Gasteiger partial charge in [-0.05, 0) is 0 Å². The number of carbonyl (C=O) groups excluding carboxylic acids is 1. The molecule has 2 fully saturated rings. The molecule has 110 valence electrons. The Morgan fingerprint density at radius 1 is 1.16 bits per heavy atom. The van der Waals surface area contributed by atoms with Gasteiger partial charge in [0.1, 0.15) is 0 Å². The number of carbonyl (C=O) groups is 1. The molecule has 0 aromatic rings. The third-order valence-corrected chi connectivity index (χ3v) is 12.5. The summed E-state index contributed by atoms with van der Waals surface area (Å²) in [6.07, 6.45) is 2.28.